The van der Waals surface area contributed by atoms with Crippen molar-refractivity contribution in [3.05, 3.63) is 65.2 Å². The van der Waals surface area contributed by atoms with Gasteiger partial charge in [-0.3, -0.25) is 4.99 Å². The number of nitrogens with zero attached hydrogens (tertiary/aromatic N) is 2. The second-order valence-corrected chi connectivity index (χ2v) is 8.11. The Kier molecular flexibility index (Phi) is 7.88. The van der Waals surface area contributed by atoms with Crippen LogP contribution in [0.3, 0.4) is 0 Å². The van der Waals surface area contributed by atoms with E-state index in [1.165, 1.54) is 16.7 Å². The predicted octanol–water partition coefficient (Wildman–Crippen LogP) is 5.06. The van der Waals surface area contributed by atoms with Crippen molar-refractivity contribution in [2.45, 2.75) is 25.5 Å². The number of rotatable bonds is 6. The first-order valence-electron chi connectivity index (χ1n) is 8.36. The van der Waals surface area contributed by atoms with Gasteiger partial charge in [0.25, 0.3) is 0 Å². The maximum Gasteiger partial charge on any atom is 0.124 e. The molecule has 1 unspecified atom stereocenters. The lowest BCUT2D eigenvalue weighted by Gasteiger charge is -2.19. The van der Waals surface area contributed by atoms with E-state index in [-0.39, 0.29) is 0 Å². The fraction of sp³-hybridized carbons (Fsp3) is 0.350. The molecule has 0 spiro atoms. The fourth-order valence-electron chi connectivity index (χ4n) is 2.61. The first-order chi connectivity index (χ1) is 12.0. The Morgan fingerprint density at radius 3 is 2.52 bits per heavy atom. The van der Waals surface area contributed by atoms with Crippen LogP contribution in [0.4, 0.5) is 5.69 Å². The van der Waals surface area contributed by atoms with Gasteiger partial charge < -0.3 is 5.01 Å². The van der Waals surface area contributed by atoms with Gasteiger partial charge in [-0.15, -0.1) is 11.8 Å². The van der Waals surface area contributed by atoms with Crippen molar-refractivity contribution < 1.29 is 0 Å². The molecule has 0 aliphatic heterocycles. The van der Waals surface area contributed by atoms with Crippen LogP contribution < -0.4 is 10.9 Å². The molecule has 0 fully saturated rings. The summed E-state index contributed by atoms with van der Waals surface area (Å²) in [5.74, 6) is 7.28. The summed E-state index contributed by atoms with van der Waals surface area (Å²) >= 11 is 3.50. The first-order valence-corrected chi connectivity index (χ1v) is 10.6. The lowest BCUT2D eigenvalue weighted by Crippen LogP contribution is -2.26. The Labute approximate surface area is 160 Å². The van der Waals surface area contributed by atoms with Gasteiger partial charge in [0.2, 0.25) is 0 Å². The molecule has 134 valence electrons. The van der Waals surface area contributed by atoms with Gasteiger partial charge in [0.05, 0.1) is 5.69 Å². The highest BCUT2D eigenvalue weighted by Gasteiger charge is 2.10. The average molecular weight is 374 g/mol. The third-order valence-corrected chi connectivity index (χ3v) is 6.28. The topological polar surface area (TPSA) is 41.6 Å². The van der Waals surface area contributed by atoms with Crippen molar-refractivity contribution in [3.8, 4) is 0 Å². The normalized spacial score (nSPS) is 12.9. The summed E-state index contributed by atoms with van der Waals surface area (Å²) < 4.78 is 1.12. The highest BCUT2D eigenvalue weighted by molar-refractivity contribution is 8.38. The number of hydrogen-bond donors (Lipinski definition) is 1. The minimum Gasteiger partial charge on any atom is -0.314 e. The number of hydrogen-bond acceptors (Lipinski definition) is 5. The Balaban J connectivity index is 2.03. The van der Waals surface area contributed by atoms with E-state index in [0.29, 0.717) is 5.92 Å². The van der Waals surface area contributed by atoms with E-state index < -0.39 is 0 Å². The largest absolute Gasteiger partial charge is 0.314 e. The quantitative estimate of drug-likeness (QED) is 0.332. The molecule has 25 heavy (non-hydrogen) atoms. The average Bonchev–Trinajstić information content (AvgIpc) is 2.63. The zero-order chi connectivity index (χ0) is 18.2. The number of benzene rings is 2. The molecular formula is C20H27N3S2. The second kappa shape index (κ2) is 9.90. The SMILES string of the molecule is CSC(=NCC(C)c1ccccc1)SCc1c(C)cccc1N(C)N. The van der Waals surface area contributed by atoms with Gasteiger partial charge >= 0.3 is 0 Å². The van der Waals surface area contributed by atoms with Gasteiger partial charge in [-0.25, -0.2) is 5.84 Å². The fourth-order valence-corrected chi connectivity index (χ4v) is 4.27. The van der Waals surface area contributed by atoms with Crippen LogP contribution in [-0.4, -0.2) is 24.2 Å². The second-order valence-electron chi connectivity index (χ2n) is 6.09. The Bertz CT molecular complexity index is 699. The Hall–Kier alpha value is -1.43. The minimum atomic E-state index is 0.424. The van der Waals surface area contributed by atoms with Crippen molar-refractivity contribution in [1.82, 2.24) is 0 Å². The zero-order valence-electron chi connectivity index (χ0n) is 15.4. The van der Waals surface area contributed by atoms with E-state index in [2.05, 4.69) is 62.6 Å². The van der Waals surface area contributed by atoms with Crippen LogP contribution in [0, 0.1) is 6.92 Å². The standard InChI is InChI=1S/C20H27N3S2/c1-15-9-8-12-19(23(3)21)18(15)14-25-20(24-4)22-13-16(2)17-10-6-5-7-11-17/h5-12,16H,13-14,21H2,1-4H3. The van der Waals surface area contributed by atoms with Crippen molar-refractivity contribution in [2.75, 3.05) is 24.9 Å². The highest BCUT2D eigenvalue weighted by atomic mass is 32.2. The van der Waals surface area contributed by atoms with E-state index in [0.717, 1.165) is 22.4 Å². The molecule has 3 nitrogen and oxygen atoms in total. The van der Waals surface area contributed by atoms with Crippen molar-refractivity contribution in [3.63, 3.8) is 0 Å². The molecule has 2 rings (SSSR count). The van der Waals surface area contributed by atoms with Crippen LogP contribution in [0.5, 0.6) is 0 Å². The monoisotopic (exact) mass is 373 g/mol. The maximum absolute atomic E-state index is 5.97. The molecule has 5 heteroatoms. The van der Waals surface area contributed by atoms with E-state index in [9.17, 15) is 0 Å². The number of anilines is 1. The molecule has 0 amide bonds. The summed E-state index contributed by atoms with van der Waals surface area (Å²) in [6.07, 6.45) is 2.09. The summed E-state index contributed by atoms with van der Waals surface area (Å²) in [7, 11) is 1.88. The van der Waals surface area contributed by atoms with E-state index in [1.54, 1.807) is 28.5 Å². The molecule has 0 bridgehead atoms. The molecule has 0 heterocycles. The summed E-state index contributed by atoms with van der Waals surface area (Å²) in [5, 5.41) is 1.69. The molecule has 0 saturated heterocycles. The molecule has 2 aromatic carbocycles. The van der Waals surface area contributed by atoms with E-state index in [1.807, 2.05) is 13.1 Å². The van der Waals surface area contributed by atoms with Gasteiger partial charge in [-0.1, -0.05) is 61.2 Å². The summed E-state index contributed by atoms with van der Waals surface area (Å²) in [5.41, 5.74) is 4.95. The van der Waals surface area contributed by atoms with Gasteiger partial charge in [0, 0.05) is 25.3 Å². The van der Waals surface area contributed by atoms with Crippen LogP contribution in [0.15, 0.2) is 53.5 Å². The third-order valence-electron chi connectivity index (χ3n) is 4.14. The van der Waals surface area contributed by atoms with Gasteiger partial charge in [-0.2, -0.15) is 0 Å². The Morgan fingerprint density at radius 2 is 1.88 bits per heavy atom. The minimum absolute atomic E-state index is 0.424. The van der Waals surface area contributed by atoms with Gasteiger partial charge in [-0.05, 0) is 35.9 Å². The third kappa shape index (κ3) is 5.80. The highest BCUT2D eigenvalue weighted by Crippen LogP contribution is 2.29. The summed E-state index contributed by atoms with van der Waals surface area (Å²) in [6, 6.07) is 16.8. The molecule has 2 aromatic rings. The molecular weight excluding hydrogens is 346 g/mol. The summed E-state index contributed by atoms with van der Waals surface area (Å²) in [4.78, 5) is 4.84. The molecule has 1 atom stereocenters. The van der Waals surface area contributed by atoms with Gasteiger partial charge in [0.15, 0.2) is 0 Å². The first kappa shape index (κ1) is 19.9. The molecule has 0 aliphatic rings. The smallest absolute Gasteiger partial charge is 0.124 e. The maximum atomic E-state index is 5.97. The number of hydrazine groups is 1. The van der Waals surface area contributed by atoms with Crippen LogP contribution in [0.2, 0.25) is 0 Å². The van der Waals surface area contributed by atoms with Crippen LogP contribution in [-0.2, 0) is 5.75 Å². The van der Waals surface area contributed by atoms with E-state index >= 15 is 0 Å². The van der Waals surface area contributed by atoms with Gasteiger partial charge in [0.1, 0.15) is 4.38 Å². The van der Waals surface area contributed by atoms with Crippen molar-refractivity contribution in [2.24, 2.45) is 10.8 Å². The lowest BCUT2D eigenvalue weighted by atomic mass is 10.0. The number of aryl methyl sites for hydroxylation is 1. The Morgan fingerprint density at radius 1 is 1.16 bits per heavy atom. The molecule has 0 radical (unpaired) electrons. The molecule has 0 aliphatic carbocycles. The number of nitrogens with two attached hydrogens (primary N) is 1. The zero-order valence-corrected chi connectivity index (χ0v) is 17.0. The predicted molar refractivity (Wildman–Crippen MR) is 116 cm³/mol. The van der Waals surface area contributed by atoms with Crippen molar-refractivity contribution >= 4 is 33.6 Å². The van der Waals surface area contributed by atoms with Crippen LogP contribution in [0.1, 0.15) is 29.5 Å². The molecule has 2 N–H and O–H groups in total. The lowest BCUT2D eigenvalue weighted by molar-refractivity contribution is 0.778. The summed E-state index contributed by atoms with van der Waals surface area (Å²) in [6.45, 7) is 5.17. The number of thioether (sulfide) groups is 2. The number of aliphatic imine (C=N–C) groups is 1. The van der Waals surface area contributed by atoms with Crippen molar-refractivity contribution in [1.29, 1.82) is 0 Å². The van der Waals surface area contributed by atoms with Crippen LogP contribution >= 0.6 is 23.5 Å². The molecule has 0 aromatic heterocycles. The molecule has 0 saturated carbocycles. The van der Waals surface area contributed by atoms with Crippen LogP contribution in [0.25, 0.3) is 0 Å². The van der Waals surface area contributed by atoms with E-state index in [4.69, 9.17) is 10.8 Å².